The molecular formula is C17H22ClN5O3. The zero-order valence-electron chi connectivity index (χ0n) is 15.1. The standard InChI is InChI=1S/C17H22ClN5O3/c1-10-4-14(20-26-10)15-13(16(18)22(3)19-15)7-23-5-11-8-25-9-12(6-23)21(2)17(11)24/h4,11-12H,5-9H2,1-3H3/t11-,12+/m1/s1. The molecule has 0 radical (unpaired) electrons. The molecule has 2 aromatic rings. The lowest BCUT2D eigenvalue weighted by atomic mass is 10.1. The molecule has 2 fully saturated rings. The van der Waals surface area contributed by atoms with Crippen LogP contribution in [0.25, 0.3) is 11.4 Å². The number of rotatable bonds is 3. The van der Waals surface area contributed by atoms with Crippen molar-refractivity contribution in [1.29, 1.82) is 0 Å². The van der Waals surface area contributed by atoms with E-state index >= 15 is 0 Å². The minimum absolute atomic E-state index is 0.0446. The van der Waals surface area contributed by atoms with E-state index in [4.69, 9.17) is 20.9 Å². The second-order valence-corrected chi connectivity index (χ2v) is 7.45. The number of ether oxygens (including phenoxy) is 1. The molecule has 0 spiro atoms. The van der Waals surface area contributed by atoms with Crippen molar-refractivity contribution in [3.05, 3.63) is 22.5 Å². The minimum Gasteiger partial charge on any atom is -0.378 e. The average molecular weight is 380 g/mol. The Morgan fingerprint density at radius 1 is 1.31 bits per heavy atom. The van der Waals surface area contributed by atoms with Gasteiger partial charge in [-0.15, -0.1) is 0 Å². The van der Waals surface area contributed by atoms with Gasteiger partial charge >= 0.3 is 0 Å². The molecule has 2 aliphatic heterocycles. The molecule has 2 atom stereocenters. The summed E-state index contributed by atoms with van der Waals surface area (Å²) in [5.41, 5.74) is 2.30. The highest BCUT2D eigenvalue weighted by molar-refractivity contribution is 6.30. The summed E-state index contributed by atoms with van der Waals surface area (Å²) in [5.74, 6) is 0.724. The fourth-order valence-corrected chi connectivity index (χ4v) is 3.90. The van der Waals surface area contributed by atoms with Gasteiger partial charge in [0, 0.05) is 45.4 Å². The van der Waals surface area contributed by atoms with Gasteiger partial charge in [-0.1, -0.05) is 16.8 Å². The van der Waals surface area contributed by atoms with E-state index in [1.54, 1.807) is 4.68 Å². The average Bonchev–Trinajstić information content (AvgIpc) is 3.07. The van der Waals surface area contributed by atoms with Crippen molar-refractivity contribution in [2.75, 3.05) is 33.4 Å². The number of nitrogens with zero attached hydrogens (tertiary/aromatic N) is 5. The zero-order chi connectivity index (χ0) is 18.4. The van der Waals surface area contributed by atoms with E-state index in [2.05, 4.69) is 15.2 Å². The van der Waals surface area contributed by atoms with E-state index < -0.39 is 0 Å². The number of hydrogen-bond donors (Lipinski definition) is 0. The van der Waals surface area contributed by atoms with Gasteiger partial charge in [0.05, 0.1) is 25.2 Å². The fourth-order valence-electron chi connectivity index (χ4n) is 3.71. The van der Waals surface area contributed by atoms with Crippen molar-refractivity contribution in [2.45, 2.75) is 19.5 Å². The molecule has 0 saturated carbocycles. The third kappa shape index (κ3) is 3.02. The van der Waals surface area contributed by atoms with Crippen LogP contribution in [0.3, 0.4) is 0 Å². The number of halogens is 1. The number of fused-ring (bicyclic) bond motifs is 3. The van der Waals surface area contributed by atoms with Crippen LogP contribution in [0.4, 0.5) is 0 Å². The van der Waals surface area contributed by atoms with Gasteiger partial charge in [0.2, 0.25) is 5.91 Å². The van der Waals surface area contributed by atoms with Crippen LogP contribution in [0, 0.1) is 12.8 Å². The summed E-state index contributed by atoms with van der Waals surface area (Å²) in [7, 11) is 3.67. The number of carbonyl (C=O) groups excluding carboxylic acids is 1. The summed E-state index contributed by atoms with van der Waals surface area (Å²) in [6, 6.07) is 1.90. The van der Waals surface area contributed by atoms with Gasteiger partial charge in [0.1, 0.15) is 22.3 Å². The van der Waals surface area contributed by atoms with Gasteiger partial charge in [-0.05, 0) is 6.92 Å². The van der Waals surface area contributed by atoms with Gasteiger partial charge in [0.15, 0.2) is 0 Å². The summed E-state index contributed by atoms with van der Waals surface area (Å²) < 4.78 is 12.5. The second kappa shape index (κ2) is 6.68. The molecule has 8 nitrogen and oxygen atoms in total. The van der Waals surface area contributed by atoms with Crippen molar-refractivity contribution in [3.8, 4) is 11.4 Å². The van der Waals surface area contributed by atoms with Crippen LogP contribution in [0.15, 0.2) is 10.6 Å². The van der Waals surface area contributed by atoms with Crippen LogP contribution in [0.1, 0.15) is 11.3 Å². The Bertz CT molecular complexity index is 832. The Hall–Kier alpha value is -1.90. The summed E-state index contributed by atoms with van der Waals surface area (Å²) in [4.78, 5) is 16.6. The van der Waals surface area contributed by atoms with Crippen molar-refractivity contribution < 1.29 is 14.1 Å². The molecule has 1 amide bonds. The van der Waals surface area contributed by atoms with Crippen LogP contribution >= 0.6 is 11.6 Å². The predicted molar refractivity (Wildman–Crippen MR) is 94.6 cm³/mol. The van der Waals surface area contributed by atoms with Crippen LogP contribution in [-0.2, 0) is 23.1 Å². The molecule has 2 aromatic heterocycles. The zero-order valence-corrected chi connectivity index (χ0v) is 15.9. The van der Waals surface area contributed by atoms with E-state index in [0.717, 1.165) is 23.6 Å². The number of amides is 1. The molecule has 4 heterocycles. The van der Waals surface area contributed by atoms with Crippen LogP contribution < -0.4 is 0 Å². The molecule has 2 aliphatic rings. The molecule has 26 heavy (non-hydrogen) atoms. The topological polar surface area (TPSA) is 76.6 Å². The van der Waals surface area contributed by atoms with Gasteiger partial charge in [0.25, 0.3) is 0 Å². The van der Waals surface area contributed by atoms with Gasteiger partial charge in [-0.3, -0.25) is 14.4 Å². The largest absolute Gasteiger partial charge is 0.378 e. The van der Waals surface area contributed by atoms with E-state index in [-0.39, 0.29) is 17.9 Å². The van der Waals surface area contributed by atoms with E-state index in [0.29, 0.717) is 37.2 Å². The molecule has 4 rings (SSSR count). The third-order valence-corrected chi connectivity index (χ3v) is 5.62. The summed E-state index contributed by atoms with van der Waals surface area (Å²) in [6.07, 6.45) is 0. The predicted octanol–water partition coefficient (Wildman–Crippen LogP) is 1.33. The first-order chi connectivity index (χ1) is 12.4. The van der Waals surface area contributed by atoms with Crippen molar-refractivity contribution in [3.63, 3.8) is 0 Å². The highest BCUT2D eigenvalue weighted by Crippen LogP contribution is 2.30. The van der Waals surface area contributed by atoms with Crippen LogP contribution in [0.2, 0.25) is 5.15 Å². The number of likely N-dealkylation sites (N-methyl/N-ethyl adjacent to an activating group) is 1. The van der Waals surface area contributed by atoms with E-state index in [1.165, 1.54) is 0 Å². The summed E-state index contributed by atoms with van der Waals surface area (Å²) >= 11 is 6.52. The molecular weight excluding hydrogens is 358 g/mol. The fraction of sp³-hybridized carbons (Fsp3) is 0.588. The lowest BCUT2D eigenvalue weighted by Gasteiger charge is -2.29. The maximum atomic E-state index is 12.5. The second-order valence-electron chi connectivity index (χ2n) is 7.10. The van der Waals surface area contributed by atoms with E-state index in [9.17, 15) is 4.79 Å². The molecule has 140 valence electrons. The molecule has 2 saturated heterocycles. The lowest BCUT2D eigenvalue weighted by molar-refractivity contribution is -0.133. The lowest BCUT2D eigenvalue weighted by Crippen LogP contribution is -2.42. The molecule has 0 N–H and O–H groups in total. The first kappa shape index (κ1) is 17.5. The maximum absolute atomic E-state index is 12.5. The minimum atomic E-state index is -0.152. The molecule has 0 unspecified atom stereocenters. The Morgan fingerprint density at radius 2 is 2.12 bits per heavy atom. The summed E-state index contributed by atoms with van der Waals surface area (Å²) in [6.45, 7) is 4.85. The molecule has 0 aromatic carbocycles. The Labute approximate surface area is 156 Å². The Balaban J connectivity index is 1.64. The van der Waals surface area contributed by atoms with Gasteiger partial charge in [-0.2, -0.15) is 5.10 Å². The number of aromatic nitrogens is 3. The van der Waals surface area contributed by atoms with Crippen molar-refractivity contribution in [2.24, 2.45) is 13.0 Å². The highest BCUT2D eigenvalue weighted by Gasteiger charge is 2.37. The van der Waals surface area contributed by atoms with Crippen LogP contribution in [0.5, 0.6) is 0 Å². The van der Waals surface area contributed by atoms with Gasteiger partial charge in [-0.25, -0.2) is 0 Å². The summed E-state index contributed by atoms with van der Waals surface area (Å²) in [5, 5.41) is 9.18. The molecule has 0 aliphatic carbocycles. The Kier molecular flexibility index (Phi) is 4.50. The normalized spacial score (nSPS) is 24.2. The third-order valence-electron chi connectivity index (χ3n) is 5.14. The first-order valence-corrected chi connectivity index (χ1v) is 9.03. The number of carbonyl (C=O) groups is 1. The van der Waals surface area contributed by atoms with Crippen molar-refractivity contribution in [1.82, 2.24) is 24.7 Å². The van der Waals surface area contributed by atoms with Crippen molar-refractivity contribution >= 4 is 17.5 Å². The highest BCUT2D eigenvalue weighted by atomic mass is 35.5. The molecule has 9 heteroatoms. The van der Waals surface area contributed by atoms with Crippen LogP contribution in [-0.4, -0.2) is 70.0 Å². The monoisotopic (exact) mass is 379 g/mol. The smallest absolute Gasteiger partial charge is 0.229 e. The van der Waals surface area contributed by atoms with E-state index in [1.807, 2.05) is 32.0 Å². The quantitative estimate of drug-likeness (QED) is 0.800. The van der Waals surface area contributed by atoms with Gasteiger partial charge < -0.3 is 14.2 Å². The molecule has 2 bridgehead atoms. The Morgan fingerprint density at radius 3 is 2.85 bits per heavy atom. The number of aryl methyl sites for hydroxylation is 2. The number of hydrogen-bond acceptors (Lipinski definition) is 6. The first-order valence-electron chi connectivity index (χ1n) is 8.66. The maximum Gasteiger partial charge on any atom is 0.229 e. The SMILES string of the molecule is Cc1cc(-c2nn(C)c(Cl)c2CN2C[C@@H]3COC[C@H](C2)N(C)C3=O)no1.